The van der Waals surface area contributed by atoms with Gasteiger partial charge in [0.2, 0.25) is 0 Å². The van der Waals surface area contributed by atoms with Gasteiger partial charge >= 0.3 is 0 Å². The zero-order valence-corrected chi connectivity index (χ0v) is 14.6. The first kappa shape index (κ1) is 16.6. The highest BCUT2D eigenvalue weighted by atomic mass is 19.1. The molecule has 5 nitrogen and oxygen atoms in total. The Balaban J connectivity index is 1.79. The first-order chi connectivity index (χ1) is 12.5. The maximum absolute atomic E-state index is 13.8. The molecular weight excluding hydrogens is 333 g/mol. The highest BCUT2D eigenvalue weighted by Crippen LogP contribution is 2.42. The Kier molecular flexibility index (Phi) is 4.11. The Labute approximate surface area is 151 Å². The van der Waals surface area contributed by atoms with E-state index in [0.717, 1.165) is 5.56 Å². The minimum absolute atomic E-state index is 0.000215. The SMILES string of the molecule is CC(C)NC(=O)C1=NN2c3cc(F)ccc3OC[C@H]2[C@H]1c1ccccc1. The van der Waals surface area contributed by atoms with E-state index in [1.807, 2.05) is 44.2 Å². The van der Waals surface area contributed by atoms with Crippen LogP contribution < -0.4 is 15.1 Å². The molecule has 4 rings (SSSR count). The number of halogens is 1. The van der Waals surface area contributed by atoms with Crippen molar-refractivity contribution < 1.29 is 13.9 Å². The summed E-state index contributed by atoms with van der Waals surface area (Å²) in [6.45, 7) is 4.19. The van der Waals surface area contributed by atoms with E-state index in [2.05, 4.69) is 10.4 Å². The van der Waals surface area contributed by atoms with Gasteiger partial charge in [-0.3, -0.25) is 9.80 Å². The Bertz CT molecular complexity index is 867. The molecule has 2 aliphatic heterocycles. The van der Waals surface area contributed by atoms with Crippen LogP contribution in [0.5, 0.6) is 5.75 Å². The molecule has 0 bridgehead atoms. The second-order valence-corrected chi connectivity index (χ2v) is 6.84. The second-order valence-electron chi connectivity index (χ2n) is 6.84. The van der Waals surface area contributed by atoms with Gasteiger partial charge in [0.15, 0.2) is 0 Å². The highest BCUT2D eigenvalue weighted by Gasteiger charge is 2.45. The second kappa shape index (κ2) is 6.44. The quantitative estimate of drug-likeness (QED) is 0.923. The Morgan fingerprint density at radius 2 is 2.04 bits per heavy atom. The van der Waals surface area contributed by atoms with Crippen LogP contribution in [0.15, 0.2) is 53.6 Å². The smallest absolute Gasteiger partial charge is 0.268 e. The molecule has 0 aliphatic carbocycles. The minimum Gasteiger partial charge on any atom is -0.489 e. The number of hydrogen-bond acceptors (Lipinski definition) is 4. The summed E-state index contributed by atoms with van der Waals surface area (Å²) < 4.78 is 19.6. The Morgan fingerprint density at radius 1 is 1.27 bits per heavy atom. The number of nitrogens with one attached hydrogen (secondary N) is 1. The number of ether oxygens (including phenoxy) is 1. The predicted molar refractivity (Wildman–Crippen MR) is 98.1 cm³/mol. The Morgan fingerprint density at radius 3 is 2.77 bits per heavy atom. The number of benzene rings is 2. The topological polar surface area (TPSA) is 53.9 Å². The monoisotopic (exact) mass is 353 g/mol. The van der Waals surface area contributed by atoms with Crippen molar-refractivity contribution in [1.82, 2.24) is 5.32 Å². The van der Waals surface area contributed by atoms with Crippen LogP contribution in [-0.4, -0.2) is 30.3 Å². The summed E-state index contributed by atoms with van der Waals surface area (Å²) in [5, 5.41) is 9.24. The fourth-order valence-electron chi connectivity index (χ4n) is 3.51. The summed E-state index contributed by atoms with van der Waals surface area (Å²) in [6, 6.07) is 13.9. The van der Waals surface area contributed by atoms with E-state index in [9.17, 15) is 9.18 Å². The number of amides is 1. The van der Waals surface area contributed by atoms with Gasteiger partial charge < -0.3 is 10.1 Å². The van der Waals surface area contributed by atoms with Gasteiger partial charge in [0.1, 0.15) is 29.6 Å². The fraction of sp³-hybridized carbons (Fsp3) is 0.300. The third-order valence-electron chi connectivity index (χ3n) is 4.60. The molecule has 0 spiro atoms. The van der Waals surface area contributed by atoms with Crippen molar-refractivity contribution in [2.45, 2.75) is 31.8 Å². The van der Waals surface area contributed by atoms with Crippen LogP contribution in [0, 0.1) is 5.82 Å². The molecule has 134 valence electrons. The molecule has 2 aromatic carbocycles. The molecule has 1 N–H and O–H groups in total. The highest BCUT2D eigenvalue weighted by molar-refractivity contribution is 6.42. The molecular formula is C20H20FN3O2. The molecule has 2 aliphatic rings. The normalized spacial score (nSPS) is 20.9. The molecule has 0 saturated carbocycles. The average Bonchev–Trinajstić information content (AvgIpc) is 3.02. The fourth-order valence-corrected chi connectivity index (χ4v) is 3.51. The van der Waals surface area contributed by atoms with Crippen molar-refractivity contribution in [3.8, 4) is 5.75 Å². The van der Waals surface area contributed by atoms with Crippen LogP contribution in [0.1, 0.15) is 25.3 Å². The van der Waals surface area contributed by atoms with E-state index in [1.54, 1.807) is 11.1 Å². The third-order valence-corrected chi connectivity index (χ3v) is 4.60. The van der Waals surface area contributed by atoms with Gasteiger partial charge in [0.05, 0.1) is 12.0 Å². The number of carbonyl (C=O) groups excluding carboxylic acids is 1. The zero-order chi connectivity index (χ0) is 18.3. The number of anilines is 1. The van der Waals surface area contributed by atoms with E-state index in [0.29, 0.717) is 23.8 Å². The van der Waals surface area contributed by atoms with Crippen molar-refractivity contribution in [3.05, 3.63) is 59.9 Å². The summed E-state index contributed by atoms with van der Waals surface area (Å²) in [5.74, 6) is -0.240. The number of carbonyl (C=O) groups is 1. The molecule has 0 fully saturated rings. The molecule has 0 unspecified atom stereocenters. The molecule has 1 amide bonds. The number of rotatable bonds is 3. The average molecular weight is 353 g/mol. The summed E-state index contributed by atoms with van der Waals surface area (Å²) in [5.41, 5.74) is 1.96. The van der Waals surface area contributed by atoms with Gasteiger partial charge in [-0.1, -0.05) is 30.3 Å². The van der Waals surface area contributed by atoms with Crippen molar-refractivity contribution in [1.29, 1.82) is 0 Å². The molecule has 2 atom stereocenters. The lowest BCUT2D eigenvalue weighted by atomic mass is 9.87. The minimum atomic E-state index is -0.362. The first-order valence-electron chi connectivity index (χ1n) is 8.70. The lowest BCUT2D eigenvalue weighted by molar-refractivity contribution is -0.115. The lowest BCUT2D eigenvalue weighted by Gasteiger charge is -2.33. The summed E-state index contributed by atoms with van der Waals surface area (Å²) >= 11 is 0. The van der Waals surface area contributed by atoms with Gasteiger partial charge in [-0.05, 0) is 31.5 Å². The number of nitrogens with zero attached hydrogens (tertiary/aromatic N) is 2. The maximum atomic E-state index is 13.8. The molecule has 2 heterocycles. The van der Waals surface area contributed by atoms with Crippen molar-refractivity contribution in [2.75, 3.05) is 11.6 Å². The molecule has 6 heteroatoms. The third kappa shape index (κ3) is 2.81. The van der Waals surface area contributed by atoms with Gasteiger partial charge in [0, 0.05) is 12.1 Å². The Hall–Kier alpha value is -2.89. The summed E-state index contributed by atoms with van der Waals surface area (Å²) in [7, 11) is 0. The van der Waals surface area contributed by atoms with Crippen LogP contribution in [0.2, 0.25) is 0 Å². The van der Waals surface area contributed by atoms with Crippen LogP contribution >= 0.6 is 0 Å². The molecule has 0 saturated heterocycles. The van der Waals surface area contributed by atoms with Crippen molar-refractivity contribution >= 4 is 17.3 Å². The summed E-state index contributed by atoms with van der Waals surface area (Å²) in [6.07, 6.45) is 0. The van der Waals surface area contributed by atoms with Gasteiger partial charge in [0.25, 0.3) is 5.91 Å². The van der Waals surface area contributed by atoms with Crippen LogP contribution in [0.3, 0.4) is 0 Å². The van der Waals surface area contributed by atoms with Gasteiger partial charge in [-0.2, -0.15) is 5.10 Å². The number of hydrogen-bond donors (Lipinski definition) is 1. The van der Waals surface area contributed by atoms with Crippen LogP contribution in [-0.2, 0) is 4.79 Å². The van der Waals surface area contributed by atoms with Crippen LogP contribution in [0.25, 0.3) is 0 Å². The molecule has 2 aromatic rings. The largest absolute Gasteiger partial charge is 0.489 e. The van der Waals surface area contributed by atoms with Gasteiger partial charge in [-0.25, -0.2) is 4.39 Å². The molecule has 0 radical (unpaired) electrons. The van der Waals surface area contributed by atoms with Crippen molar-refractivity contribution in [3.63, 3.8) is 0 Å². The first-order valence-corrected chi connectivity index (χ1v) is 8.70. The van der Waals surface area contributed by atoms with Crippen molar-refractivity contribution in [2.24, 2.45) is 5.10 Å². The summed E-state index contributed by atoms with van der Waals surface area (Å²) in [4.78, 5) is 12.8. The van der Waals surface area contributed by atoms with E-state index in [-0.39, 0.29) is 29.7 Å². The number of fused-ring (bicyclic) bond motifs is 3. The van der Waals surface area contributed by atoms with E-state index >= 15 is 0 Å². The van der Waals surface area contributed by atoms with Crippen LogP contribution in [0.4, 0.5) is 10.1 Å². The van der Waals surface area contributed by atoms with E-state index in [1.165, 1.54) is 12.1 Å². The number of hydrazone groups is 1. The van der Waals surface area contributed by atoms with E-state index < -0.39 is 0 Å². The molecule has 0 aromatic heterocycles. The predicted octanol–water partition coefficient (Wildman–Crippen LogP) is 3.07. The van der Waals surface area contributed by atoms with E-state index in [4.69, 9.17) is 4.74 Å². The zero-order valence-electron chi connectivity index (χ0n) is 14.6. The lowest BCUT2D eigenvalue weighted by Crippen LogP contribution is -2.43. The standard InChI is InChI=1S/C20H20FN3O2/c1-12(2)22-20(25)19-18(13-6-4-3-5-7-13)16-11-26-17-9-8-14(21)10-15(17)24(16)23-19/h3-10,12,16,18H,11H2,1-2H3,(H,22,25)/t16-,18+/m0/s1. The molecule has 26 heavy (non-hydrogen) atoms. The maximum Gasteiger partial charge on any atom is 0.268 e. The van der Waals surface area contributed by atoms with Gasteiger partial charge in [-0.15, -0.1) is 0 Å².